The summed E-state index contributed by atoms with van der Waals surface area (Å²) in [4.78, 5) is 19.3. The van der Waals surface area contributed by atoms with Gasteiger partial charge in [-0.15, -0.1) is 0 Å². The molecule has 0 unspecified atom stereocenters. The van der Waals surface area contributed by atoms with Crippen LogP contribution in [0.15, 0.2) is 47.3 Å². The Morgan fingerprint density at radius 2 is 1.91 bits per heavy atom. The highest BCUT2D eigenvalue weighted by Crippen LogP contribution is 2.33. The fourth-order valence-corrected chi connectivity index (χ4v) is 4.04. The van der Waals surface area contributed by atoms with E-state index in [-0.39, 0.29) is 11.3 Å². The van der Waals surface area contributed by atoms with Gasteiger partial charge in [-0.1, -0.05) is 6.07 Å². The fraction of sp³-hybridized carbons (Fsp3) is 0.391. The Labute approximate surface area is 182 Å². The molecule has 2 aromatic carbocycles. The van der Waals surface area contributed by atoms with E-state index in [1.165, 1.54) is 16.7 Å². The second-order valence-electron chi connectivity index (χ2n) is 7.88. The van der Waals surface area contributed by atoms with Crippen LogP contribution in [0.2, 0.25) is 0 Å². The lowest BCUT2D eigenvalue weighted by molar-refractivity contribution is -0.136. The first kappa shape index (κ1) is 22.3. The molecule has 0 saturated carbocycles. The molecule has 0 aliphatic carbocycles. The molecule has 1 aliphatic heterocycles. The molecule has 32 heavy (non-hydrogen) atoms. The summed E-state index contributed by atoms with van der Waals surface area (Å²) in [6.45, 7) is 4.03. The third-order valence-corrected chi connectivity index (χ3v) is 5.57. The highest BCUT2D eigenvalue weighted by molar-refractivity contribution is 5.82. The first-order valence-electron chi connectivity index (χ1n) is 10.4. The maximum absolute atomic E-state index is 13.4. The zero-order chi connectivity index (χ0) is 22.9. The maximum Gasteiger partial charge on any atom is 0.417 e. The molecule has 0 amide bonds. The molecule has 9 heteroatoms. The van der Waals surface area contributed by atoms with Gasteiger partial charge in [-0.3, -0.25) is 9.36 Å². The third-order valence-electron chi connectivity index (χ3n) is 5.57. The SMILES string of the molecule is Cc1nc2cccc(C(F)(F)F)c2c(=O)n1-c1ccc(OCCCN2CC[C@@H](F)C2)cc1. The van der Waals surface area contributed by atoms with Crippen LogP contribution >= 0.6 is 0 Å². The van der Waals surface area contributed by atoms with Gasteiger partial charge in [0, 0.05) is 19.6 Å². The summed E-state index contributed by atoms with van der Waals surface area (Å²) in [5, 5.41) is -0.455. The third kappa shape index (κ3) is 4.62. The minimum absolute atomic E-state index is 0.00983. The van der Waals surface area contributed by atoms with Gasteiger partial charge in [-0.25, -0.2) is 9.37 Å². The van der Waals surface area contributed by atoms with Gasteiger partial charge in [0.05, 0.1) is 28.8 Å². The minimum Gasteiger partial charge on any atom is -0.494 e. The van der Waals surface area contributed by atoms with E-state index in [1.54, 1.807) is 31.2 Å². The molecule has 5 nitrogen and oxygen atoms in total. The average molecular weight is 449 g/mol. The van der Waals surface area contributed by atoms with Crippen LogP contribution in [0.5, 0.6) is 5.75 Å². The van der Waals surface area contributed by atoms with Gasteiger partial charge < -0.3 is 9.64 Å². The zero-order valence-corrected chi connectivity index (χ0v) is 17.5. The molecule has 2 heterocycles. The van der Waals surface area contributed by atoms with Gasteiger partial charge in [0.15, 0.2) is 0 Å². The summed E-state index contributed by atoms with van der Waals surface area (Å²) in [6, 6.07) is 10.1. The predicted molar refractivity (Wildman–Crippen MR) is 113 cm³/mol. The average Bonchev–Trinajstić information content (AvgIpc) is 3.16. The van der Waals surface area contributed by atoms with E-state index >= 15 is 0 Å². The van der Waals surface area contributed by atoms with Crippen molar-refractivity contribution in [1.82, 2.24) is 14.5 Å². The number of hydrogen-bond donors (Lipinski definition) is 0. The second kappa shape index (κ2) is 8.90. The van der Waals surface area contributed by atoms with E-state index in [4.69, 9.17) is 4.74 Å². The molecule has 0 radical (unpaired) electrons. The number of hydrogen-bond acceptors (Lipinski definition) is 4. The van der Waals surface area contributed by atoms with Gasteiger partial charge in [-0.05, 0) is 56.2 Å². The Hall–Kier alpha value is -2.94. The standard InChI is InChI=1S/C23H23F4N3O2/c1-15-28-20-5-2-4-19(23(25,26)27)21(20)22(31)30(15)17-6-8-18(9-7-17)32-13-3-11-29-12-10-16(24)14-29/h2,4-9,16H,3,10-14H2,1H3/t16-/m1/s1. The number of rotatable bonds is 6. The Bertz CT molecular complexity index is 1160. The summed E-state index contributed by atoms with van der Waals surface area (Å²) >= 11 is 0. The van der Waals surface area contributed by atoms with Gasteiger partial charge in [0.1, 0.15) is 17.7 Å². The lowest BCUT2D eigenvalue weighted by Gasteiger charge is -2.15. The summed E-state index contributed by atoms with van der Waals surface area (Å²) in [5.74, 6) is 0.862. The van der Waals surface area contributed by atoms with E-state index in [1.807, 2.05) is 0 Å². The molecule has 1 atom stereocenters. The van der Waals surface area contributed by atoms with Crippen molar-refractivity contribution < 1.29 is 22.3 Å². The summed E-state index contributed by atoms with van der Waals surface area (Å²) in [7, 11) is 0. The van der Waals surface area contributed by atoms with Crippen molar-refractivity contribution in [3.8, 4) is 11.4 Å². The number of aryl methyl sites for hydroxylation is 1. The first-order valence-corrected chi connectivity index (χ1v) is 10.4. The Balaban J connectivity index is 1.52. The van der Waals surface area contributed by atoms with Gasteiger partial charge in [0.2, 0.25) is 0 Å². The normalized spacial score (nSPS) is 17.2. The van der Waals surface area contributed by atoms with E-state index < -0.39 is 28.9 Å². The summed E-state index contributed by atoms with van der Waals surface area (Å²) in [5.41, 5.74) is -1.36. The van der Waals surface area contributed by atoms with E-state index in [2.05, 4.69) is 9.88 Å². The van der Waals surface area contributed by atoms with Crippen LogP contribution in [0.1, 0.15) is 24.2 Å². The number of likely N-dealkylation sites (tertiary alicyclic amines) is 1. The Kier molecular flexibility index (Phi) is 6.19. The minimum atomic E-state index is -4.66. The molecule has 0 bridgehead atoms. The van der Waals surface area contributed by atoms with Crippen LogP contribution in [-0.2, 0) is 6.18 Å². The van der Waals surface area contributed by atoms with Crippen molar-refractivity contribution in [1.29, 1.82) is 0 Å². The van der Waals surface area contributed by atoms with Crippen molar-refractivity contribution in [3.63, 3.8) is 0 Å². The number of halogens is 4. The van der Waals surface area contributed by atoms with E-state index in [0.29, 0.717) is 31.0 Å². The highest BCUT2D eigenvalue weighted by Gasteiger charge is 2.34. The largest absolute Gasteiger partial charge is 0.494 e. The lowest BCUT2D eigenvalue weighted by atomic mass is 10.1. The maximum atomic E-state index is 13.4. The van der Waals surface area contributed by atoms with Crippen molar-refractivity contribution in [2.75, 3.05) is 26.2 Å². The molecule has 170 valence electrons. The van der Waals surface area contributed by atoms with Crippen LogP contribution in [0, 0.1) is 6.92 Å². The van der Waals surface area contributed by atoms with E-state index in [0.717, 1.165) is 25.6 Å². The fourth-order valence-electron chi connectivity index (χ4n) is 4.04. The molecule has 4 rings (SSSR count). The number of nitrogens with zero attached hydrogens (tertiary/aromatic N) is 3. The molecule has 0 spiro atoms. The predicted octanol–water partition coefficient (Wildman–Crippen LogP) is 4.53. The van der Waals surface area contributed by atoms with Crippen LogP contribution in [0.3, 0.4) is 0 Å². The topological polar surface area (TPSA) is 47.4 Å². The Morgan fingerprint density at radius 3 is 2.56 bits per heavy atom. The number of ether oxygens (including phenoxy) is 1. The molecule has 1 saturated heterocycles. The van der Waals surface area contributed by atoms with Crippen molar-refractivity contribution >= 4 is 10.9 Å². The highest BCUT2D eigenvalue weighted by atomic mass is 19.4. The van der Waals surface area contributed by atoms with Crippen LogP contribution in [0.25, 0.3) is 16.6 Å². The summed E-state index contributed by atoms with van der Waals surface area (Å²) in [6.07, 6.45) is -4.07. The lowest BCUT2D eigenvalue weighted by Crippen LogP contribution is -2.25. The van der Waals surface area contributed by atoms with Crippen molar-refractivity contribution in [2.24, 2.45) is 0 Å². The van der Waals surface area contributed by atoms with Crippen LogP contribution < -0.4 is 10.3 Å². The smallest absolute Gasteiger partial charge is 0.417 e. The number of alkyl halides is 4. The first-order chi connectivity index (χ1) is 15.2. The summed E-state index contributed by atoms with van der Waals surface area (Å²) < 4.78 is 60.4. The molecular weight excluding hydrogens is 426 g/mol. The number of fused-ring (bicyclic) bond motifs is 1. The second-order valence-corrected chi connectivity index (χ2v) is 7.88. The molecule has 1 fully saturated rings. The molecule has 0 N–H and O–H groups in total. The van der Waals surface area contributed by atoms with Crippen LogP contribution in [-0.4, -0.2) is 46.9 Å². The Morgan fingerprint density at radius 1 is 1.16 bits per heavy atom. The molecular formula is C23H23F4N3O2. The van der Waals surface area contributed by atoms with Crippen LogP contribution in [0.4, 0.5) is 17.6 Å². The molecule has 1 aliphatic rings. The van der Waals surface area contributed by atoms with Crippen molar-refractivity contribution in [2.45, 2.75) is 32.1 Å². The zero-order valence-electron chi connectivity index (χ0n) is 17.5. The van der Waals surface area contributed by atoms with Gasteiger partial charge >= 0.3 is 6.18 Å². The molecule has 3 aromatic rings. The number of benzene rings is 2. The van der Waals surface area contributed by atoms with Gasteiger partial charge in [-0.2, -0.15) is 13.2 Å². The number of aromatic nitrogens is 2. The molecule has 1 aromatic heterocycles. The monoisotopic (exact) mass is 449 g/mol. The van der Waals surface area contributed by atoms with Crippen molar-refractivity contribution in [3.05, 3.63) is 64.2 Å². The van der Waals surface area contributed by atoms with E-state index in [9.17, 15) is 22.4 Å². The van der Waals surface area contributed by atoms with Gasteiger partial charge in [0.25, 0.3) is 5.56 Å². The quantitative estimate of drug-likeness (QED) is 0.410.